The van der Waals surface area contributed by atoms with Gasteiger partial charge in [0.05, 0.1) is 18.8 Å². The lowest BCUT2D eigenvalue weighted by atomic mass is 10.1. The number of rotatable bonds is 1. The Kier molecular flexibility index (Phi) is 3.81. The van der Waals surface area contributed by atoms with Crippen LogP contribution in [-0.4, -0.2) is 47.7 Å². The van der Waals surface area contributed by atoms with Crippen LogP contribution in [0, 0.1) is 0 Å². The molecular weight excluding hydrogens is 222 g/mol. The molecule has 1 atom stereocenters. The Morgan fingerprint density at radius 1 is 1.47 bits per heavy atom. The summed E-state index contributed by atoms with van der Waals surface area (Å²) in [5, 5.41) is 0. The Bertz CT molecular complexity index is 306. The minimum atomic E-state index is -0.563. The zero-order valence-electron chi connectivity index (χ0n) is 11.1. The lowest BCUT2D eigenvalue weighted by Crippen LogP contribution is -2.57. The van der Waals surface area contributed by atoms with E-state index in [4.69, 9.17) is 9.47 Å². The first-order chi connectivity index (χ1) is 7.64. The minimum absolute atomic E-state index is 0.218. The van der Waals surface area contributed by atoms with Crippen molar-refractivity contribution in [1.29, 1.82) is 0 Å². The van der Waals surface area contributed by atoms with Crippen molar-refractivity contribution in [2.75, 3.05) is 13.2 Å². The zero-order chi connectivity index (χ0) is 13.3. The Balaban J connectivity index is 2.76. The number of carbonyl (C=O) groups is 2. The van der Waals surface area contributed by atoms with Crippen molar-refractivity contribution in [3.8, 4) is 0 Å². The van der Waals surface area contributed by atoms with Crippen LogP contribution in [0.25, 0.3) is 0 Å². The largest absolute Gasteiger partial charge is 0.444 e. The quantitative estimate of drug-likeness (QED) is 0.656. The van der Waals surface area contributed by atoms with Crippen LogP contribution in [-0.2, 0) is 14.3 Å². The third-order valence-corrected chi connectivity index (χ3v) is 2.38. The molecule has 1 amide bonds. The van der Waals surface area contributed by atoms with E-state index in [2.05, 4.69) is 0 Å². The normalized spacial score (nSPS) is 24.3. The van der Waals surface area contributed by atoms with E-state index < -0.39 is 23.3 Å². The molecule has 0 saturated carbocycles. The molecule has 1 rings (SSSR count). The molecule has 0 aromatic heterocycles. The van der Waals surface area contributed by atoms with Crippen LogP contribution in [0.15, 0.2) is 0 Å². The number of ether oxygens (including phenoxy) is 2. The summed E-state index contributed by atoms with van der Waals surface area (Å²) in [6, 6.07) is -0.558. The summed E-state index contributed by atoms with van der Waals surface area (Å²) in [6.45, 7) is 9.73. The molecule has 98 valence electrons. The molecule has 1 fully saturated rings. The second-order valence-electron chi connectivity index (χ2n) is 5.88. The summed E-state index contributed by atoms with van der Waals surface area (Å²) in [7, 11) is 0. The molecule has 0 aromatic rings. The van der Waals surface area contributed by atoms with Gasteiger partial charge in [-0.05, 0) is 34.6 Å². The maximum absolute atomic E-state index is 12.0. The van der Waals surface area contributed by atoms with Gasteiger partial charge in [-0.15, -0.1) is 0 Å². The molecule has 0 N–H and O–H groups in total. The molecule has 0 aliphatic carbocycles. The summed E-state index contributed by atoms with van der Waals surface area (Å²) >= 11 is 0. The van der Waals surface area contributed by atoms with Crippen LogP contribution in [0.5, 0.6) is 0 Å². The van der Waals surface area contributed by atoms with E-state index in [1.807, 2.05) is 13.8 Å². The maximum Gasteiger partial charge on any atom is 0.411 e. The zero-order valence-corrected chi connectivity index (χ0v) is 11.1. The summed E-state index contributed by atoms with van der Waals surface area (Å²) < 4.78 is 10.8. The Morgan fingerprint density at radius 2 is 2.06 bits per heavy atom. The molecule has 0 radical (unpaired) electrons. The Morgan fingerprint density at radius 3 is 2.53 bits per heavy atom. The fourth-order valence-electron chi connectivity index (χ4n) is 1.61. The Labute approximate surface area is 102 Å². The van der Waals surface area contributed by atoms with Crippen molar-refractivity contribution in [3.05, 3.63) is 0 Å². The van der Waals surface area contributed by atoms with E-state index in [-0.39, 0.29) is 6.61 Å². The molecular formula is C12H21NO4. The van der Waals surface area contributed by atoms with Crippen molar-refractivity contribution in [1.82, 2.24) is 4.90 Å². The lowest BCUT2D eigenvalue weighted by molar-refractivity contribution is -0.134. The third kappa shape index (κ3) is 4.00. The van der Waals surface area contributed by atoms with E-state index in [9.17, 15) is 9.59 Å². The average Bonchev–Trinajstić information content (AvgIpc) is 2.13. The SMILES string of the molecule is CC(C)(C)OC(=O)N1CC(C)(C)OC[C@H]1C=O. The number of hydrogen-bond acceptors (Lipinski definition) is 4. The number of amides is 1. The first-order valence-electron chi connectivity index (χ1n) is 5.73. The van der Waals surface area contributed by atoms with Crippen molar-refractivity contribution < 1.29 is 19.1 Å². The maximum atomic E-state index is 12.0. The molecule has 17 heavy (non-hydrogen) atoms. The van der Waals surface area contributed by atoms with Gasteiger partial charge in [-0.1, -0.05) is 0 Å². The molecule has 1 saturated heterocycles. The summed E-state index contributed by atoms with van der Waals surface area (Å²) in [4.78, 5) is 24.3. The second kappa shape index (κ2) is 4.64. The van der Waals surface area contributed by atoms with Crippen LogP contribution in [0.4, 0.5) is 4.79 Å². The number of morpholine rings is 1. The third-order valence-electron chi connectivity index (χ3n) is 2.38. The fourth-order valence-corrected chi connectivity index (χ4v) is 1.61. The van der Waals surface area contributed by atoms with Crippen molar-refractivity contribution in [3.63, 3.8) is 0 Å². The summed E-state index contributed by atoms with van der Waals surface area (Å²) in [6.07, 6.45) is 0.255. The topological polar surface area (TPSA) is 55.8 Å². The van der Waals surface area contributed by atoms with Crippen molar-refractivity contribution >= 4 is 12.4 Å². The second-order valence-corrected chi connectivity index (χ2v) is 5.88. The summed E-state index contributed by atoms with van der Waals surface area (Å²) in [5.41, 5.74) is -1.01. The van der Waals surface area contributed by atoms with Gasteiger partial charge in [-0.25, -0.2) is 4.79 Å². The van der Waals surface area contributed by atoms with Crippen LogP contribution >= 0.6 is 0 Å². The van der Waals surface area contributed by atoms with Gasteiger partial charge in [0.2, 0.25) is 0 Å². The van der Waals surface area contributed by atoms with Gasteiger partial charge in [0.1, 0.15) is 17.9 Å². The van der Waals surface area contributed by atoms with Gasteiger partial charge >= 0.3 is 6.09 Å². The number of nitrogens with zero attached hydrogens (tertiary/aromatic N) is 1. The predicted octanol–water partition coefficient (Wildman–Crippen LogP) is 1.60. The fraction of sp³-hybridized carbons (Fsp3) is 0.833. The van der Waals surface area contributed by atoms with Crippen LogP contribution in [0.2, 0.25) is 0 Å². The number of carbonyl (C=O) groups excluding carboxylic acids is 2. The number of aldehydes is 1. The van der Waals surface area contributed by atoms with Gasteiger partial charge in [0.15, 0.2) is 0 Å². The minimum Gasteiger partial charge on any atom is -0.444 e. The van der Waals surface area contributed by atoms with Crippen LogP contribution in [0.3, 0.4) is 0 Å². The highest BCUT2D eigenvalue weighted by atomic mass is 16.6. The monoisotopic (exact) mass is 243 g/mol. The highest BCUT2D eigenvalue weighted by Crippen LogP contribution is 2.22. The molecule has 1 aliphatic rings. The predicted molar refractivity (Wildman–Crippen MR) is 62.8 cm³/mol. The summed E-state index contributed by atoms with van der Waals surface area (Å²) in [5.74, 6) is 0. The Hall–Kier alpha value is -1.10. The van der Waals surface area contributed by atoms with Crippen molar-refractivity contribution in [2.24, 2.45) is 0 Å². The van der Waals surface area contributed by atoms with E-state index in [0.29, 0.717) is 6.54 Å². The van der Waals surface area contributed by atoms with Crippen LogP contribution in [0.1, 0.15) is 34.6 Å². The van der Waals surface area contributed by atoms with Gasteiger partial charge in [0.25, 0.3) is 0 Å². The molecule has 5 nitrogen and oxygen atoms in total. The molecule has 1 aliphatic heterocycles. The molecule has 5 heteroatoms. The molecule has 0 bridgehead atoms. The molecule has 1 heterocycles. The van der Waals surface area contributed by atoms with Crippen molar-refractivity contribution in [2.45, 2.75) is 51.9 Å². The van der Waals surface area contributed by atoms with Crippen LogP contribution < -0.4 is 0 Å². The van der Waals surface area contributed by atoms with E-state index in [1.54, 1.807) is 20.8 Å². The van der Waals surface area contributed by atoms with Gasteiger partial charge in [0, 0.05) is 0 Å². The lowest BCUT2D eigenvalue weighted by Gasteiger charge is -2.41. The highest BCUT2D eigenvalue weighted by molar-refractivity contribution is 5.74. The van der Waals surface area contributed by atoms with E-state index >= 15 is 0 Å². The average molecular weight is 243 g/mol. The first kappa shape index (κ1) is 14.0. The van der Waals surface area contributed by atoms with E-state index in [0.717, 1.165) is 6.29 Å². The highest BCUT2D eigenvalue weighted by Gasteiger charge is 2.38. The smallest absolute Gasteiger partial charge is 0.411 e. The number of hydrogen-bond donors (Lipinski definition) is 0. The van der Waals surface area contributed by atoms with Gasteiger partial charge in [-0.2, -0.15) is 0 Å². The molecule has 0 unspecified atom stereocenters. The standard InChI is InChI=1S/C12H21NO4/c1-11(2,3)17-10(15)13-8-12(4,5)16-7-9(13)6-14/h6,9H,7-8H2,1-5H3/t9-/m1/s1. The molecule has 0 aromatic carbocycles. The first-order valence-corrected chi connectivity index (χ1v) is 5.73. The van der Waals surface area contributed by atoms with E-state index in [1.165, 1.54) is 4.90 Å². The van der Waals surface area contributed by atoms with Gasteiger partial charge in [-0.3, -0.25) is 4.90 Å². The van der Waals surface area contributed by atoms with Gasteiger partial charge < -0.3 is 14.3 Å². The molecule has 0 spiro atoms.